The summed E-state index contributed by atoms with van der Waals surface area (Å²) in [5, 5.41) is 9.17. The number of fused-ring (bicyclic) bond motifs is 1. The van der Waals surface area contributed by atoms with E-state index in [1.165, 1.54) is 36.0 Å². The maximum absolute atomic E-state index is 11.1. The molecule has 1 aliphatic heterocycles. The first-order chi connectivity index (χ1) is 9.13. The number of nitrogens with zero attached hydrogens (tertiary/aromatic N) is 1. The molecule has 2 aliphatic rings. The fourth-order valence-electron chi connectivity index (χ4n) is 3.50. The SMILES string of the molecule is CC1CN(Cc2ccc3c(c2)CCC3)CC1C(=O)O. The molecule has 1 aliphatic carbocycles. The summed E-state index contributed by atoms with van der Waals surface area (Å²) >= 11 is 0. The van der Waals surface area contributed by atoms with Gasteiger partial charge in [-0.05, 0) is 41.9 Å². The third-order valence-electron chi connectivity index (χ3n) is 4.57. The quantitative estimate of drug-likeness (QED) is 0.905. The summed E-state index contributed by atoms with van der Waals surface area (Å²) in [5.41, 5.74) is 4.33. The summed E-state index contributed by atoms with van der Waals surface area (Å²) in [5.74, 6) is -0.592. The minimum atomic E-state index is -0.649. The van der Waals surface area contributed by atoms with Gasteiger partial charge in [-0.25, -0.2) is 0 Å². The van der Waals surface area contributed by atoms with Gasteiger partial charge in [0.25, 0.3) is 0 Å². The smallest absolute Gasteiger partial charge is 0.308 e. The first-order valence-electron chi connectivity index (χ1n) is 7.19. The second-order valence-corrected chi connectivity index (χ2v) is 6.07. The van der Waals surface area contributed by atoms with Gasteiger partial charge in [-0.15, -0.1) is 0 Å². The van der Waals surface area contributed by atoms with E-state index in [4.69, 9.17) is 5.11 Å². The molecule has 0 saturated carbocycles. The van der Waals surface area contributed by atoms with Gasteiger partial charge in [-0.1, -0.05) is 25.1 Å². The number of aryl methyl sites for hydroxylation is 2. The lowest BCUT2D eigenvalue weighted by Crippen LogP contribution is -2.23. The van der Waals surface area contributed by atoms with E-state index in [9.17, 15) is 4.79 Å². The molecule has 0 bridgehead atoms. The van der Waals surface area contributed by atoms with Crippen molar-refractivity contribution in [3.8, 4) is 0 Å². The summed E-state index contributed by atoms with van der Waals surface area (Å²) in [6, 6.07) is 6.79. The molecular formula is C16H21NO2. The summed E-state index contributed by atoms with van der Waals surface area (Å²) in [6.07, 6.45) is 3.70. The van der Waals surface area contributed by atoms with Crippen molar-refractivity contribution in [2.45, 2.75) is 32.7 Å². The first-order valence-corrected chi connectivity index (χ1v) is 7.19. The zero-order valence-electron chi connectivity index (χ0n) is 11.4. The molecule has 2 unspecified atom stereocenters. The fraction of sp³-hybridized carbons (Fsp3) is 0.562. The van der Waals surface area contributed by atoms with Gasteiger partial charge in [-0.2, -0.15) is 0 Å². The molecule has 0 radical (unpaired) electrons. The van der Waals surface area contributed by atoms with E-state index in [0.717, 1.165) is 13.1 Å². The van der Waals surface area contributed by atoms with Crippen LogP contribution in [0.5, 0.6) is 0 Å². The molecule has 1 fully saturated rings. The molecule has 3 nitrogen and oxygen atoms in total. The van der Waals surface area contributed by atoms with Gasteiger partial charge in [0.1, 0.15) is 0 Å². The van der Waals surface area contributed by atoms with Gasteiger partial charge in [0.2, 0.25) is 0 Å². The number of rotatable bonds is 3. The number of carboxylic acids is 1. The maximum Gasteiger partial charge on any atom is 0.308 e. The normalized spacial score (nSPS) is 26.6. The van der Waals surface area contributed by atoms with E-state index in [-0.39, 0.29) is 11.8 Å². The monoisotopic (exact) mass is 259 g/mol. The lowest BCUT2D eigenvalue weighted by molar-refractivity contribution is -0.142. The van der Waals surface area contributed by atoms with Crippen molar-refractivity contribution in [3.63, 3.8) is 0 Å². The molecule has 2 atom stereocenters. The standard InChI is InChI=1S/C16H21NO2/c1-11-8-17(10-15(11)16(18)19)9-12-5-6-13-3-2-4-14(13)7-12/h5-7,11,15H,2-4,8-10H2,1H3,(H,18,19). The predicted octanol–water partition coefficient (Wildman–Crippen LogP) is 2.33. The Hall–Kier alpha value is -1.35. The molecule has 1 aromatic rings. The van der Waals surface area contributed by atoms with Gasteiger partial charge < -0.3 is 5.11 Å². The van der Waals surface area contributed by atoms with Crippen molar-refractivity contribution in [1.29, 1.82) is 0 Å². The van der Waals surface area contributed by atoms with Gasteiger partial charge in [0, 0.05) is 19.6 Å². The zero-order chi connectivity index (χ0) is 13.4. The van der Waals surface area contributed by atoms with Crippen LogP contribution >= 0.6 is 0 Å². The zero-order valence-corrected chi connectivity index (χ0v) is 11.4. The van der Waals surface area contributed by atoms with Gasteiger partial charge in [0.15, 0.2) is 0 Å². The van der Waals surface area contributed by atoms with Crippen LogP contribution in [-0.2, 0) is 24.2 Å². The van der Waals surface area contributed by atoms with E-state index < -0.39 is 5.97 Å². The van der Waals surface area contributed by atoms with Gasteiger partial charge in [0.05, 0.1) is 5.92 Å². The molecule has 0 aromatic heterocycles. The van der Waals surface area contributed by atoms with Crippen molar-refractivity contribution in [2.24, 2.45) is 11.8 Å². The van der Waals surface area contributed by atoms with E-state index >= 15 is 0 Å². The van der Waals surface area contributed by atoms with Crippen molar-refractivity contribution in [3.05, 3.63) is 34.9 Å². The first kappa shape index (κ1) is 12.7. The van der Waals surface area contributed by atoms with Crippen molar-refractivity contribution < 1.29 is 9.90 Å². The van der Waals surface area contributed by atoms with Crippen LogP contribution in [0.4, 0.5) is 0 Å². The lowest BCUT2D eigenvalue weighted by Gasteiger charge is -2.16. The average molecular weight is 259 g/mol. The lowest BCUT2D eigenvalue weighted by atomic mass is 9.99. The molecule has 1 heterocycles. The summed E-state index contributed by atoms with van der Waals surface area (Å²) in [4.78, 5) is 13.4. The topological polar surface area (TPSA) is 40.5 Å². The van der Waals surface area contributed by atoms with Crippen LogP contribution in [0.2, 0.25) is 0 Å². The molecule has 3 rings (SSSR count). The molecule has 3 heteroatoms. The van der Waals surface area contributed by atoms with Crippen LogP contribution in [0.25, 0.3) is 0 Å². The number of hydrogen-bond donors (Lipinski definition) is 1. The number of aliphatic carboxylic acids is 1. The third-order valence-corrected chi connectivity index (χ3v) is 4.57. The van der Waals surface area contributed by atoms with Crippen LogP contribution < -0.4 is 0 Å². The number of carboxylic acid groups (broad SMARTS) is 1. The molecule has 1 saturated heterocycles. The van der Waals surface area contributed by atoms with Gasteiger partial charge >= 0.3 is 5.97 Å². The Morgan fingerprint density at radius 2 is 2.11 bits per heavy atom. The Kier molecular flexibility index (Phi) is 3.31. The van der Waals surface area contributed by atoms with Crippen LogP contribution in [0.3, 0.4) is 0 Å². The molecule has 1 N–H and O–H groups in total. The van der Waals surface area contributed by atoms with Crippen LogP contribution in [0.1, 0.15) is 30.0 Å². The van der Waals surface area contributed by atoms with Crippen molar-refractivity contribution in [1.82, 2.24) is 4.90 Å². The van der Waals surface area contributed by atoms with E-state index in [2.05, 4.69) is 23.1 Å². The number of carbonyl (C=O) groups is 1. The summed E-state index contributed by atoms with van der Waals surface area (Å²) < 4.78 is 0. The Balaban J connectivity index is 1.68. The Morgan fingerprint density at radius 3 is 2.84 bits per heavy atom. The second kappa shape index (κ2) is 4.97. The summed E-state index contributed by atoms with van der Waals surface area (Å²) in [7, 11) is 0. The molecular weight excluding hydrogens is 238 g/mol. The molecule has 0 amide bonds. The van der Waals surface area contributed by atoms with Gasteiger partial charge in [-0.3, -0.25) is 9.69 Å². The van der Waals surface area contributed by atoms with Crippen molar-refractivity contribution in [2.75, 3.05) is 13.1 Å². The predicted molar refractivity (Wildman–Crippen MR) is 74.0 cm³/mol. The largest absolute Gasteiger partial charge is 0.481 e. The average Bonchev–Trinajstić information content (AvgIpc) is 2.95. The van der Waals surface area contributed by atoms with E-state index in [1.807, 2.05) is 6.92 Å². The molecule has 102 valence electrons. The maximum atomic E-state index is 11.1. The highest BCUT2D eigenvalue weighted by atomic mass is 16.4. The van der Waals surface area contributed by atoms with Crippen LogP contribution in [0, 0.1) is 11.8 Å². The third kappa shape index (κ3) is 2.52. The minimum absolute atomic E-state index is 0.200. The number of benzene rings is 1. The number of hydrogen-bond acceptors (Lipinski definition) is 2. The van der Waals surface area contributed by atoms with E-state index in [0.29, 0.717) is 6.54 Å². The van der Waals surface area contributed by atoms with Crippen LogP contribution in [0.15, 0.2) is 18.2 Å². The van der Waals surface area contributed by atoms with Crippen LogP contribution in [-0.4, -0.2) is 29.1 Å². The van der Waals surface area contributed by atoms with Crippen molar-refractivity contribution >= 4 is 5.97 Å². The van der Waals surface area contributed by atoms with E-state index in [1.54, 1.807) is 0 Å². The Bertz CT molecular complexity index is 498. The summed E-state index contributed by atoms with van der Waals surface area (Å²) in [6.45, 7) is 4.52. The molecule has 19 heavy (non-hydrogen) atoms. The fourth-order valence-corrected chi connectivity index (χ4v) is 3.50. The Morgan fingerprint density at radius 1 is 1.32 bits per heavy atom. The Labute approximate surface area is 114 Å². The number of likely N-dealkylation sites (tertiary alicyclic amines) is 1. The molecule has 1 aromatic carbocycles. The highest BCUT2D eigenvalue weighted by Crippen LogP contribution is 2.27. The minimum Gasteiger partial charge on any atom is -0.481 e. The highest BCUT2D eigenvalue weighted by molar-refractivity contribution is 5.71. The second-order valence-electron chi connectivity index (χ2n) is 6.07. The molecule has 0 spiro atoms. The highest BCUT2D eigenvalue weighted by Gasteiger charge is 2.34.